The molecular weight excluding hydrogens is 555 g/mol. The van der Waals surface area contributed by atoms with E-state index in [1.165, 1.54) is 19.1 Å². The standard InChI is InChI=1S/C23H30F2N7O7P/c1-13(18(33)36-5)32(39-14-9-7-6-8-10-14)40(35)37-11-23(25)19(34)22(2,24)20(38-23)31-12-27-15-16(30(3)4)28-21(26)29-17(15)31/h6-10,12-13,19-20,34,40H,11H2,1-5H3,(H2,26,28,29)/t13-,19-,20+,22+,23+/m0/s1. The summed E-state index contributed by atoms with van der Waals surface area (Å²) in [7, 11) is 0.955. The van der Waals surface area contributed by atoms with Gasteiger partial charge in [-0.2, -0.15) is 9.97 Å². The smallest absolute Gasteiger partial charge is 0.326 e. The number of rotatable bonds is 10. The highest BCUT2D eigenvalue weighted by molar-refractivity contribution is 7.36. The average Bonchev–Trinajstić information content (AvgIpc) is 3.41. The van der Waals surface area contributed by atoms with Crippen LogP contribution in [0.4, 0.5) is 20.5 Å². The summed E-state index contributed by atoms with van der Waals surface area (Å²) in [5, 5.41) is 10.7. The van der Waals surface area contributed by atoms with E-state index in [1.807, 2.05) is 0 Å². The van der Waals surface area contributed by atoms with Gasteiger partial charge in [-0.05, 0) is 26.0 Å². The molecule has 0 aliphatic carbocycles. The molecule has 4 rings (SSSR count). The van der Waals surface area contributed by atoms with E-state index in [-0.39, 0.29) is 22.9 Å². The summed E-state index contributed by atoms with van der Waals surface area (Å²) in [5.41, 5.74) is 3.34. The van der Waals surface area contributed by atoms with Gasteiger partial charge >= 0.3 is 5.97 Å². The maximum absolute atomic E-state index is 16.0. The van der Waals surface area contributed by atoms with Crippen molar-refractivity contribution in [1.82, 2.24) is 24.4 Å². The highest BCUT2D eigenvalue weighted by atomic mass is 31.1. The Hall–Kier alpha value is -3.43. The van der Waals surface area contributed by atoms with Crippen molar-refractivity contribution in [2.24, 2.45) is 0 Å². The number of alkyl halides is 2. The van der Waals surface area contributed by atoms with E-state index in [9.17, 15) is 14.5 Å². The Morgan fingerprint density at radius 3 is 2.60 bits per heavy atom. The SMILES string of the molecule is COC(=O)[C@H](C)N(Oc1ccccc1)[PH](=O)OC[C@@]1(F)O[C@@H](n2cnc3c(N(C)C)nc(N)nc32)[C@](C)(F)[C@@H]1O. The van der Waals surface area contributed by atoms with Crippen molar-refractivity contribution in [2.75, 3.05) is 38.4 Å². The summed E-state index contributed by atoms with van der Waals surface area (Å²) in [4.78, 5) is 32.4. The van der Waals surface area contributed by atoms with Gasteiger partial charge in [0.05, 0.1) is 13.4 Å². The second-order valence-electron chi connectivity index (χ2n) is 9.42. The first-order valence-electron chi connectivity index (χ1n) is 12.0. The average molecular weight is 586 g/mol. The molecule has 0 saturated carbocycles. The molecule has 1 fully saturated rings. The first-order chi connectivity index (χ1) is 18.8. The predicted octanol–water partition coefficient (Wildman–Crippen LogP) is 2.02. The quantitative estimate of drug-likeness (QED) is 0.202. The van der Waals surface area contributed by atoms with Crippen LogP contribution in [0, 0.1) is 0 Å². The molecular formula is C23H30F2N7O7P. The Morgan fingerprint density at radius 2 is 1.98 bits per heavy atom. The van der Waals surface area contributed by atoms with Gasteiger partial charge in [0.2, 0.25) is 5.95 Å². The number of hydrogen-bond donors (Lipinski definition) is 2. The van der Waals surface area contributed by atoms with Crippen LogP contribution < -0.4 is 15.5 Å². The van der Waals surface area contributed by atoms with Crippen LogP contribution >= 0.6 is 8.18 Å². The van der Waals surface area contributed by atoms with Crippen LogP contribution in [0.2, 0.25) is 0 Å². The first-order valence-corrected chi connectivity index (χ1v) is 13.2. The second kappa shape index (κ2) is 11.2. The highest BCUT2D eigenvalue weighted by Crippen LogP contribution is 2.49. The van der Waals surface area contributed by atoms with Gasteiger partial charge in [-0.15, -0.1) is 0 Å². The van der Waals surface area contributed by atoms with Crippen molar-refractivity contribution < 1.29 is 42.1 Å². The molecule has 0 amide bonds. The Labute approximate surface area is 228 Å². The Kier molecular flexibility index (Phi) is 8.28. The van der Waals surface area contributed by atoms with Gasteiger partial charge in [-0.25, -0.2) is 13.8 Å². The topological polar surface area (TPSA) is 167 Å². The number of carbonyl (C=O) groups excluding carboxylic acids is 1. The molecule has 1 aliphatic heterocycles. The highest BCUT2D eigenvalue weighted by Gasteiger charge is 2.65. The number of nitrogen functional groups attached to an aromatic ring is 1. The third kappa shape index (κ3) is 5.45. The number of nitrogens with two attached hydrogens (primary N) is 1. The number of esters is 1. The molecule has 40 heavy (non-hydrogen) atoms. The Morgan fingerprint density at radius 1 is 1.30 bits per heavy atom. The molecule has 0 radical (unpaired) electrons. The van der Waals surface area contributed by atoms with Crippen LogP contribution in [0.25, 0.3) is 11.2 Å². The molecule has 14 nitrogen and oxygen atoms in total. The fraction of sp³-hybridized carbons (Fsp3) is 0.478. The molecule has 218 valence electrons. The van der Waals surface area contributed by atoms with Crippen LogP contribution in [0.1, 0.15) is 20.1 Å². The van der Waals surface area contributed by atoms with E-state index in [1.54, 1.807) is 37.2 Å². The molecule has 2 aromatic heterocycles. The first kappa shape index (κ1) is 29.6. The summed E-state index contributed by atoms with van der Waals surface area (Å²) in [6.45, 7) is 1.08. The zero-order valence-electron chi connectivity index (χ0n) is 22.3. The number of fused-ring (bicyclic) bond motifs is 1. The number of imidazole rings is 1. The summed E-state index contributed by atoms with van der Waals surface area (Å²) < 4.78 is 61.3. The zero-order chi connectivity index (χ0) is 29.4. The third-order valence-corrected chi connectivity index (χ3v) is 7.47. The Balaban J connectivity index is 1.58. The summed E-state index contributed by atoms with van der Waals surface area (Å²) in [5.74, 6) is -3.61. The minimum absolute atomic E-state index is 0.0327. The zero-order valence-corrected chi connectivity index (χ0v) is 23.3. The fourth-order valence-corrected chi connectivity index (χ4v) is 5.17. The fourth-order valence-electron chi connectivity index (χ4n) is 4.12. The second-order valence-corrected chi connectivity index (χ2v) is 10.7. The number of benzene rings is 1. The van der Waals surface area contributed by atoms with Gasteiger partial charge in [0.15, 0.2) is 35.0 Å². The molecule has 1 saturated heterocycles. The van der Waals surface area contributed by atoms with Crippen molar-refractivity contribution in [2.45, 2.75) is 43.7 Å². The number of hydroxylamine groups is 1. The summed E-state index contributed by atoms with van der Waals surface area (Å²) in [6, 6.07) is 6.79. The van der Waals surface area contributed by atoms with Crippen molar-refractivity contribution in [3.05, 3.63) is 36.7 Å². The van der Waals surface area contributed by atoms with Gasteiger partial charge in [0.1, 0.15) is 18.4 Å². The maximum Gasteiger partial charge on any atom is 0.326 e. The monoisotopic (exact) mass is 585 g/mol. The molecule has 1 aliphatic rings. The van der Waals surface area contributed by atoms with Gasteiger partial charge < -0.3 is 34.6 Å². The van der Waals surface area contributed by atoms with E-state index in [0.717, 1.165) is 24.9 Å². The third-order valence-electron chi connectivity index (χ3n) is 6.24. The lowest BCUT2D eigenvalue weighted by Gasteiger charge is -2.28. The molecule has 3 aromatic rings. The van der Waals surface area contributed by atoms with Gasteiger partial charge in [-0.3, -0.25) is 13.9 Å². The minimum Gasteiger partial charge on any atom is -0.468 e. The van der Waals surface area contributed by atoms with E-state index in [4.69, 9.17) is 19.8 Å². The lowest BCUT2D eigenvalue weighted by atomic mass is 9.97. The number of ether oxygens (including phenoxy) is 2. The number of hydrogen-bond acceptors (Lipinski definition) is 12. The van der Waals surface area contributed by atoms with Gasteiger partial charge in [-0.1, -0.05) is 23.0 Å². The number of carbonyl (C=O) groups is 1. The molecule has 17 heteroatoms. The normalized spacial score (nSPS) is 26.1. The maximum atomic E-state index is 16.0. The molecule has 0 spiro atoms. The van der Waals surface area contributed by atoms with Crippen LogP contribution in [0.3, 0.4) is 0 Å². The van der Waals surface area contributed by atoms with E-state index in [0.29, 0.717) is 10.7 Å². The van der Waals surface area contributed by atoms with Crippen molar-refractivity contribution in [1.29, 1.82) is 0 Å². The summed E-state index contributed by atoms with van der Waals surface area (Å²) in [6.07, 6.45) is -3.02. The predicted molar refractivity (Wildman–Crippen MR) is 139 cm³/mol. The van der Waals surface area contributed by atoms with E-state index in [2.05, 4.69) is 19.7 Å². The molecule has 3 heterocycles. The largest absolute Gasteiger partial charge is 0.468 e. The lowest BCUT2D eigenvalue weighted by molar-refractivity contribution is -0.203. The number of nitrogens with zero attached hydrogens (tertiary/aromatic N) is 6. The van der Waals surface area contributed by atoms with Crippen molar-refractivity contribution in [3.8, 4) is 5.75 Å². The van der Waals surface area contributed by atoms with E-state index < -0.39 is 50.7 Å². The van der Waals surface area contributed by atoms with Gasteiger partial charge in [0, 0.05) is 14.1 Å². The number of anilines is 2. The number of aliphatic hydroxyl groups is 1. The van der Waals surface area contributed by atoms with Crippen LogP contribution in [-0.4, -0.2) is 86.9 Å². The number of para-hydroxylation sites is 1. The number of halogens is 2. The molecule has 1 unspecified atom stereocenters. The molecule has 1 aromatic carbocycles. The van der Waals surface area contributed by atoms with Crippen LogP contribution in [0.5, 0.6) is 5.75 Å². The van der Waals surface area contributed by atoms with E-state index >= 15 is 8.78 Å². The molecule has 3 N–H and O–H groups in total. The summed E-state index contributed by atoms with van der Waals surface area (Å²) >= 11 is 0. The van der Waals surface area contributed by atoms with Crippen molar-refractivity contribution in [3.63, 3.8) is 0 Å². The molecule has 0 bridgehead atoms. The molecule has 6 atom stereocenters. The minimum atomic E-state index is -3.54. The number of methoxy groups -OCH3 is 1. The van der Waals surface area contributed by atoms with Crippen LogP contribution in [0.15, 0.2) is 36.7 Å². The number of aliphatic hydroxyl groups excluding tert-OH is 1. The van der Waals surface area contributed by atoms with Gasteiger partial charge in [0.25, 0.3) is 14.0 Å². The lowest BCUT2D eigenvalue weighted by Crippen LogP contribution is -2.47. The Bertz CT molecular complexity index is 1400. The van der Waals surface area contributed by atoms with Crippen molar-refractivity contribution >= 4 is 37.1 Å². The van der Waals surface area contributed by atoms with Crippen LogP contribution in [-0.2, 0) is 23.4 Å². The number of aromatic nitrogens is 4.